The minimum atomic E-state index is -0.638. The third-order valence-corrected chi connectivity index (χ3v) is 2.81. The number of piperidine rings is 1. The quantitative estimate of drug-likeness (QED) is 0.746. The topological polar surface area (TPSA) is 40.5 Å². The van der Waals surface area contributed by atoms with Crippen LogP contribution in [0.1, 0.15) is 20.3 Å². The molecule has 1 fully saturated rings. The van der Waals surface area contributed by atoms with Gasteiger partial charge in [-0.15, -0.1) is 12.4 Å². The van der Waals surface area contributed by atoms with Gasteiger partial charge in [0.15, 0.2) is 0 Å². The van der Waals surface area contributed by atoms with Crippen LogP contribution in [0.15, 0.2) is 0 Å². The molecule has 4 heteroatoms. The van der Waals surface area contributed by atoms with Crippen molar-refractivity contribution in [3.8, 4) is 0 Å². The van der Waals surface area contributed by atoms with Crippen molar-refractivity contribution in [1.82, 2.24) is 4.90 Å². The van der Waals surface area contributed by atoms with Crippen LogP contribution in [0.2, 0.25) is 0 Å². The second-order valence-electron chi connectivity index (χ2n) is 3.60. The van der Waals surface area contributed by atoms with Crippen LogP contribution in [-0.2, 0) is 4.79 Å². The Hall–Kier alpha value is -0.280. The summed E-state index contributed by atoms with van der Waals surface area (Å²) in [5.41, 5.74) is 0. The summed E-state index contributed by atoms with van der Waals surface area (Å²) in [5.74, 6) is -0.454. The van der Waals surface area contributed by atoms with E-state index in [1.165, 1.54) is 0 Å². The molecule has 1 rings (SSSR count). The Morgan fingerprint density at radius 3 is 2.69 bits per heavy atom. The highest BCUT2D eigenvalue weighted by molar-refractivity contribution is 5.85. The van der Waals surface area contributed by atoms with Gasteiger partial charge < -0.3 is 10.0 Å². The van der Waals surface area contributed by atoms with E-state index in [0.29, 0.717) is 5.92 Å². The van der Waals surface area contributed by atoms with Crippen LogP contribution >= 0.6 is 12.4 Å². The molecule has 0 aromatic rings. The number of hydrogen-bond donors (Lipinski definition) is 1. The molecule has 78 valence electrons. The molecular formula is C9H18ClNO2. The van der Waals surface area contributed by atoms with E-state index in [1.54, 1.807) is 0 Å². The maximum atomic E-state index is 10.8. The smallest absolute Gasteiger partial charge is 0.308 e. The first-order chi connectivity index (χ1) is 5.65. The van der Waals surface area contributed by atoms with Gasteiger partial charge in [0.1, 0.15) is 0 Å². The zero-order valence-electron chi connectivity index (χ0n) is 8.19. The highest BCUT2D eigenvalue weighted by atomic mass is 35.5. The van der Waals surface area contributed by atoms with Crippen molar-refractivity contribution in [2.24, 2.45) is 11.8 Å². The number of rotatable bonds is 2. The van der Waals surface area contributed by atoms with Gasteiger partial charge in [-0.1, -0.05) is 13.8 Å². The molecule has 0 aromatic heterocycles. The molecule has 0 bridgehead atoms. The molecule has 2 atom stereocenters. The van der Waals surface area contributed by atoms with Crippen LogP contribution < -0.4 is 0 Å². The third-order valence-electron chi connectivity index (χ3n) is 2.81. The number of nitrogens with zero attached hydrogens (tertiary/aromatic N) is 1. The summed E-state index contributed by atoms with van der Waals surface area (Å²) in [6.45, 7) is 6.87. The average Bonchev–Trinajstić information content (AvgIpc) is 2.05. The molecule has 1 aliphatic heterocycles. The Labute approximate surface area is 85.5 Å². The summed E-state index contributed by atoms with van der Waals surface area (Å²) in [6.07, 6.45) is 1.02. The number of carboxylic acid groups (broad SMARTS) is 1. The number of carboxylic acids is 1. The zero-order valence-corrected chi connectivity index (χ0v) is 9.01. The van der Waals surface area contributed by atoms with E-state index in [-0.39, 0.29) is 18.3 Å². The molecule has 0 amide bonds. The summed E-state index contributed by atoms with van der Waals surface area (Å²) in [6, 6.07) is 0. The highest BCUT2D eigenvalue weighted by Gasteiger charge is 2.30. The maximum Gasteiger partial charge on any atom is 0.308 e. The van der Waals surface area contributed by atoms with Crippen molar-refractivity contribution in [3.05, 3.63) is 0 Å². The first-order valence-corrected chi connectivity index (χ1v) is 4.60. The van der Waals surface area contributed by atoms with Crippen LogP contribution in [0.5, 0.6) is 0 Å². The first-order valence-electron chi connectivity index (χ1n) is 4.60. The number of halogens is 1. The monoisotopic (exact) mass is 207 g/mol. The van der Waals surface area contributed by atoms with Gasteiger partial charge in [-0.05, 0) is 25.4 Å². The fraction of sp³-hybridized carbons (Fsp3) is 0.889. The van der Waals surface area contributed by atoms with Crippen LogP contribution in [0.25, 0.3) is 0 Å². The molecule has 1 saturated heterocycles. The summed E-state index contributed by atoms with van der Waals surface area (Å²) in [5, 5.41) is 8.90. The molecule has 0 saturated carbocycles. The van der Waals surface area contributed by atoms with Gasteiger partial charge in [-0.25, -0.2) is 0 Å². The van der Waals surface area contributed by atoms with E-state index in [0.717, 1.165) is 26.1 Å². The first kappa shape index (κ1) is 12.7. The van der Waals surface area contributed by atoms with Crippen molar-refractivity contribution in [1.29, 1.82) is 0 Å². The van der Waals surface area contributed by atoms with Gasteiger partial charge in [0.2, 0.25) is 0 Å². The Bertz CT molecular complexity index is 175. The summed E-state index contributed by atoms with van der Waals surface area (Å²) in [7, 11) is 0. The second kappa shape index (κ2) is 5.45. The molecule has 3 nitrogen and oxygen atoms in total. The van der Waals surface area contributed by atoms with Gasteiger partial charge in [-0.2, -0.15) is 0 Å². The van der Waals surface area contributed by atoms with Gasteiger partial charge in [0, 0.05) is 6.54 Å². The Morgan fingerprint density at radius 2 is 2.23 bits per heavy atom. The molecule has 0 aliphatic carbocycles. The van der Waals surface area contributed by atoms with Crippen LogP contribution in [-0.4, -0.2) is 35.6 Å². The standard InChI is InChI=1S/C9H17NO2.ClH/c1-3-10-5-4-7(2)8(6-10)9(11)12;/h7-8H,3-6H2,1-2H3,(H,11,12);1H. The largest absolute Gasteiger partial charge is 0.481 e. The minimum absolute atomic E-state index is 0. The van der Waals surface area contributed by atoms with Gasteiger partial charge in [-0.3, -0.25) is 4.79 Å². The minimum Gasteiger partial charge on any atom is -0.481 e. The van der Waals surface area contributed by atoms with E-state index in [9.17, 15) is 4.79 Å². The molecular weight excluding hydrogens is 190 g/mol. The average molecular weight is 208 g/mol. The van der Waals surface area contributed by atoms with Crippen LogP contribution in [0.4, 0.5) is 0 Å². The zero-order chi connectivity index (χ0) is 9.14. The van der Waals surface area contributed by atoms with Crippen LogP contribution in [0, 0.1) is 11.8 Å². The van der Waals surface area contributed by atoms with Gasteiger partial charge >= 0.3 is 5.97 Å². The van der Waals surface area contributed by atoms with Crippen molar-refractivity contribution in [3.63, 3.8) is 0 Å². The van der Waals surface area contributed by atoms with E-state index < -0.39 is 5.97 Å². The summed E-state index contributed by atoms with van der Waals surface area (Å²) in [4.78, 5) is 13.0. The third kappa shape index (κ3) is 3.16. The van der Waals surface area contributed by atoms with E-state index in [1.807, 2.05) is 6.92 Å². The highest BCUT2D eigenvalue weighted by Crippen LogP contribution is 2.22. The molecule has 0 aromatic carbocycles. The van der Waals surface area contributed by atoms with Crippen molar-refractivity contribution < 1.29 is 9.90 Å². The van der Waals surface area contributed by atoms with E-state index in [2.05, 4.69) is 11.8 Å². The SMILES string of the molecule is CCN1CCC(C)C(C(=O)O)C1.Cl. The predicted molar refractivity (Wildman–Crippen MR) is 54.3 cm³/mol. The van der Waals surface area contributed by atoms with E-state index in [4.69, 9.17) is 5.11 Å². The summed E-state index contributed by atoms with van der Waals surface area (Å²) >= 11 is 0. The Kier molecular flexibility index (Phi) is 5.33. The molecule has 0 spiro atoms. The van der Waals surface area contributed by atoms with E-state index >= 15 is 0 Å². The molecule has 13 heavy (non-hydrogen) atoms. The number of likely N-dealkylation sites (tertiary alicyclic amines) is 1. The Morgan fingerprint density at radius 1 is 1.62 bits per heavy atom. The van der Waals surface area contributed by atoms with Gasteiger partial charge in [0.05, 0.1) is 5.92 Å². The van der Waals surface area contributed by atoms with Crippen molar-refractivity contribution >= 4 is 18.4 Å². The van der Waals surface area contributed by atoms with Crippen LogP contribution in [0.3, 0.4) is 0 Å². The Balaban J connectivity index is 0.00000144. The number of carbonyl (C=O) groups is 1. The lowest BCUT2D eigenvalue weighted by atomic mass is 9.87. The predicted octanol–water partition coefficient (Wildman–Crippen LogP) is 1.47. The lowest BCUT2D eigenvalue weighted by molar-refractivity contribution is -0.145. The van der Waals surface area contributed by atoms with Crippen molar-refractivity contribution in [2.45, 2.75) is 20.3 Å². The lowest BCUT2D eigenvalue weighted by Gasteiger charge is -2.33. The normalized spacial score (nSPS) is 29.4. The fourth-order valence-corrected chi connectivity index (χ4v) is 1.75. The van der Waals surface area contributed by atoms with Gasteiger partial charge in [0.25, 0.3) is 0 Å². The molecule has 0 radical (unpaired) electrons. The molecule has 1 heterocycles. The second-order valence-corrected chi connectivity index (χ2v) is 3.60. The number of hydrogen-bond acceptors (Lipinski definition) is 2. The molecule has 1 N–H and O–H groups in total. The van der Waals surface area contributed by atoms with Crippen molar-refractivity contribution in [2.75, 3.05) is 19.6 Å². The summed E-state index contributed by atoms with van der Waals surface area (Å²) < 4.78 is 0. The number of aliphatic carboxylic acids is 1. The lowest BCUT2D eigenvalue weighted by Crippen LogP contribution is -2.42. The fourth-order valence-electron chi connectivity index (χ4n) is 1.75. The maximum absolute atomic E-state index is 10.8. The molecule has 2 unspecified atom stereocenters. The molecule has 1 aliphatic rings.